The number of aliphatic hydroxyl groups excluding tert-OH is 1. The standard InChI is InChI=1S/C20H31N3O3/c1-2-3-13-21-14-18(24)15-26-19-11-9-17(10-12-19)23-20(25)22-16-7-5-4-6-8-16/h2-3,9-12,16,18,21,24H,4-8,13-15H2,1H3,(H2,22,23,25)/b3-2+. The summed E-state index contributed by atoms with van der Waals surface area (Å²) in [6.07, 6.45) is 9.14. The Morgan fingerprint density at radius 1 is 1.27 bits per heavy atom. The van der Waals surface area contributed by atoms with Crippen molar-refractivity contribution in [2.75, 3.05) is 25.0 Å². The maximum atomic E-state index is 12.0. The van der Waals surface area contributed by atoms with Crippen LogP contribution in [-0.2, 0) is 0 Å². The number of carbonyl (C=O) groups excluding carboxylic acids is 1. The number of urea groups is 1. The maximum Gasteiger partial charge on any atom is 0.319 e. The first kappa shape index (κ1) is 20.3. The van der Waals surface area contributed by atoms with E-state index in [1.165, 1.54) is 19.3 Å². The number of hydrogen-bond donors (Lipinski definition) is 4. The summed E-state index contributed by atoms with van der Waals surface area (Å²) < 4.78 is 5.57. The van der Waals surface area contributed by atoms with Crippen LogP contribution in [0.15, 0.2) is 36.4 Å². The van der Waals surface area contributed by atoms with Gasteiger partial charge in [-0.3, -0.25) is 0 Å². The van der Waals surface area contributed by atoms with E-state index in [9.17, 15) is 9.90 Å². The molecule has 0 heterocycles. The monoisotopic (exact) mass is 361 g/mol. The Morgan fingerprint density at radius 3 is 2.69 bits per heavy atom. The first-order chi connectivity index (χ1) is 12.7. The second-order valence-electron chi connectivity index (χ2n) is 6.65. The summed E-state index contributed by atoms with van der Waals surface area (Å²) in [5, 5.41) is 18.9. The van der Waals surface area contributed by atoms with E-state index in [2.05, 4.69) is 16.0 Å². The lowest BCUT2D eigenvalue weighted by Gasteiger charge is -2.22. The highest BCUT2D eigenvalue weighted by Gasteiger charge is 2.15. The minimum Gasteiger partial charge on any atom is -0.491 e. The zero-order valence-electron chi connectivity index (χ0n) is 15.5. The quantitative estimate of drug-likeness (QED) is 0.402. The molecule has 6 heteroatoms. The molecule has 1 aliphatic rings. The molecule has 2 amide bonds. The van der Waals surface area contributed by atoms with Crippen LogP contribution >= 0.6 is 0 Å². The molecule has 0 bridgehead atoms. The van der Waals surface area contributed by atoms with Crippen LogP contribution in [0.2, 0.25) is 0 Å². The largest absolute Gasteiger partial charge is 0.491 e. The van der Waals surface area contributed by atoms with Gasteiger partial charge < -0.3 is 25.8 Å². The lowest BCUT2D eigenvalue weighted by atomic mass is 9.96. The van der Waals surface area contributed by atoms with Crippen molar-refractivity contribution >= 4 is 11.7 Å². The van der Waals surface area contributed by atoms with Gasteiger partial charge in [-0.2, -0.15) is 0 Å². The summed E-state index contributed by atoms with van der Waals surface area (Å²) in [7, 11) is 0. The average Bonchev–Trinajstić information content (AvgIpc) is 2.65. The Labute approximate surface area is 156 Å². The normalized spacial score (nSPS) is 16.4. The van der Waals surface area contributed by atoms with Gasteiger partial charge in [-0.05, 0) is 44.0 Å². The molecule has 26 heavy (non-hydrogen) atoms. The predicted molar refractivity (Wildman–Crippen MR) is 105 cm³/mol. The van der Waals surface area contributed by atoms with Crippen molar-refractivity contribution in [1.82, 2.24) is 10.6 Å². The Morgan fingerprint density at radius 2 is 2.00 bits per heavy atom. The van der Waals surface area contributed by atoms with Crippen molar-refractivity contribution < 1.29 is 14.6 Å². The fourth-order valence-electron chi connectivity index (χ4n) is 2.94. The molecule has 4 N–H and O–H groups in total. The van der Waals surface area contributed by atoms with Crippen LogP contribution in [0.1, 0.15) is 39.0 Å². The fraction of sp³-hybridized carbons (Fsp3) is 0.550. The lowest BCUT2D eigenvalue weighted by Crippen LogP contribution is -2.38. The number of ether oxygens (including phenoxy) is 1. The van der Waals surface area contributed by atoms with Crippen LogP contribution in [-0.4, -0.2) is 43.0 Å². The SMILES string of the molecule is C/C=C/CNCC(O)COc1ccc(NC(=O)NC2CCCCC2)cc1. The summed E-state index contributed by atoms with van der Waals surface area (Å²) in [6, 6.07) is 7.30. The van der Waals surface area contributed by atoms with Crippen molar-refractivity contribution in [3.63, 3.8) is 0 Å². The smallest absolute Gasteiger partial charge is 0.319 e. The molecule has 0 aliphatic heterocycles. The van der Waals surface area contributed by atoms with Crippen molar-refractivity contribution in [1.29, 1.82) is 0 Å². The van der Waals surface area contributed by atoms with E-state index in [4.69, 9.17) is 4.74 Å². The minimum absolute atomic E-state index is 0.159. The summed E-state index contributed by atoms with van der Waals surface area (Å²) in [5.74, 6) is 0.663. The van der Waals surface area contributed by atoms with Gasteiger partial charge in [0.05, 0.1) is 0 Å². The molecular formula is C20H31N3O3. The number of rotatable bonds is 9. The van der Waals surface area contributed by atoms with Crippen molar-refractivity contribution in [3.05, 3.63) is 36.4 Å². The second kappa shape index (κ2) is 11.5. The fourth-order valence-corrected chi connectivity index (χ4v) is 2.94. The van der Waals surface area contributed by atoms with Crippen molar-refractivity contribution in [2.24, 2.45) is 0 Å². The molecule has 1 saturated carbocycles. The van der Waals surface area contributed by atoms with Gasteiger partial charge in [0.25, 0.3) is 0 Å². The van der Waals surface area contributed by atoms with Crippen LogP contribution in [0, 0.1) is 0 Å². The van der Waals surface area contributed by atoms with E-state index in [-0.39, 0.29) is 18.7 Å². The number of nitrogens with one attached hydrogen (secondary N) is 3. The molecule has 1 aliphatic carbocycles. The number of anilines is 1. The van der Waals surface area contributed by atoms with Gasteiger partial charge >= 0.3 is 6.03 Å². The predicted octanol–water partition coefficient (Wildman–Crippen LogP) is 3.05. The number of carbonyl (C=O) groups is 1. The molecule has 0 saturated heterocycles. The topological polar surface area (TPSA) is 82.6 Å². The van der Waals surface area contributed by atoms with Gasteiger partial charge in [0.1, 0.15) is 18.5 Å². The highest BCUT2D eigenvalue weighted by Crippen LogP contribution is 2.18. The van der Waals surface area contributed by atoms with Crippen molar-refractivity contribution in [3.8, 4) is 5.75 Å². The first-order valence-electron chi connectivity index (χ1n) is 9.47. The van der Waals surface area contributed by atoms with Crippen LogP contribution in [0.25, 0.3) is 0 Å². The van der Waals surface area contributed by atoms with Crippen LogP contribution in [0.5, 0.6) is 5.75 Å². The molecule has 1 aromatic carbocycles. The molecule has 1 aromatic rings. The number of amides is 2. The van der Waals surface area contributed by atoms with Crippen LogP contribution < -0.4 is 20.7 Å². The zero-order chi connectivity index (χ0) is 18.6. The number of hydrogen-bond acceptors (Lipinski definition) is 4. The summed E-state index contributed by atoms with van der Waals surface area (Å²) in [4.78, 5) is 12.0. The third-order valence-corrected chi connectivity index (χ3v) is 4.37. The van der Waals surface area contributed by atoms with Crippen LogP contribution in [0.4, 0.5) is 10.5 Å². The first-order valence-corrected chi connectivity index (χ1v) is 9.47. The molecule has 1 unspecified atom stereocenters. The van der Waals surface area contributed by atoms with Gasteiger partial charge in [-0.15, -0.1) is 0 Å². The molecule has 0 spiro atoms. The van der Waals surface area contributed by atoms with Gasteiger partial charge in [-0.25, -0.2) is 4.79 Å². The maximum absolute atomic E-state index is 12.0. The molecule has 144 valence electrons. The average molecular weight is 361 g/mol. The van der Waals surface area contributed by atoms with E-state index in [0.29, 0.717) is 12.3 Å². The van der Waals surface area contributed by atoms with Gasteiger partial charge in [0.2, 0.25) is 0 Å². The van der Waals surface area contributed by atoms with E-state index in [1.54, 1.807) is 24.3 Å². The Kier molecular flexibility index (Phi) is 9.00. The second-order valence-corrected chi connectivity index (χ2v) is 6.65. The van der Waals surface area contributed by atoms with E-state index < -0.39 is 6.10 Å². The molecule has 0 radical (unpaired) electrons. The van der Waals surface area contributed by atoms with Crippen molar-refractivity contribution in [2.45, 2.75) is 51.2 Å². The van der Waals surface area contributed by atoms with Crippen LogP contribution in [0.3, 0.4) is 0 Å². The van der Waals surface area contributed by atoms with Gasteiger partial charge in [0, 0.05) is 24.8 Å². The minimum atomic E-state index is -0.570. The Bertz CT molecular complexity index is 554. The highest BCUT2D eigenvalue weighted by atomic mass is 16.5. The summed E-state index contributed by atoms with van der Waals surface area (Å²) >= 11 is 0. The molecule has 6 nitrogen and oxygen atoms in total. The Balaban J connectivity index is 1.67. The number of aliphatic hydroxyl groups is 1. The van der Waals surface area contributed by atoms with Gasteiger partial charge in [0.15, 0.2) is 0 Å². The molecular weight excluding hydrogens is 330 g/mol. The van der Waals surface area contributed by atoms with Gasteiger partial charge in [-0.1, -0.05) is 31.4 Å². The van der Waals surface area contributed by atoms with E-state index in [0.717, 1.165) is 25.1 Å². The summed E-state index contributed by atoms with van der Waals surface area (Å²) in [5.41, 5.74) is 0.722. The van der Waals surface area contributed by atoms with E-state index >= 15 is 0 Å². The summed E-state index contributed by atoms with van der Waals surface area (Å²) in [6.45, 7) is 3.39. The number of benzene rings is 1. The zero-order valence-corrected chi connectivity index (χ0v) is 15.5. The Hall–Kier alpha value is -2.05. The molecule has 1 atom stereocenters. The lowest BCUT2D eigenvalue weighted by molar-refractivity contribution is 0.107. The third kappa shape index (κ3) is 7.89. The molecule has 2 rings (SSSR count). The number of allylic oxidation sites excluding steroid dienone is 1. The van der Waals surface area contributed by atoms with E-state index in [1.807, 2.05) is 19.1 Å². The molecule has 1 fully saturated rings. The third-order valence-electron chi connectivity index (χ3n) is 4.37. The molecule has 0 aromatic heterocycles. The highest BCUT2D eigenvalue weighted by molar-refractivity contribution is 5.89.